The Morgan fingerprint density at radius 2 is 2.14 bits per heavy atom. The molecular formula is C10H17NO2S. The molecule has 0 rings (SSSR count). The minimum absolute atomic E-state index is 0.204. The van der Waals surface area contributed by atoms with Gasteiger partial charge in [-0.2, -0.15) is 0 Å². The molecule has 0 saturated carbocycles. The number of thiocarbonyl (C=S) groups is 1. The van der Waals surface area contributed by atoms with Crippen LogP contribution in [-0.4, -0.2) is 23.3 Å². The number of hydrogen-bond acceptors (Lipinski definition) is 4. The molecule has 3 nitrogen and oxygen atoms in total. The lowest BCUT2D eigenvalue weighted by molar-refractivity contribution is -0.159. The summed E-state index contributed by atoms with van der Waals surface area (Å²) in [6.45, 7) is 7.84. The Kier molecular flexibility index (Phi) is 5.58. The molecule has 4 heteroatoms. The zero-order valence-electron chi connectivity index (χ0n) is 9.16. The number of carbonyl (C=O) groups is 1. The van der Waals surface area contributed by atoms with Gasteiger partial charge in [-0.15, -0.1) is 0 Å². The Morgan fingerprint density at radius 3 is 2.50 bits per heavy atom. The summed E-state index contributed by atoms with van der Waals surface area (Å²) in [5.74, 6) is -0.418. The summed E-state index contributed by atoms with van der Waals surface area (Å²) >= 11 is 4.45. The Morgan fingerprint density at radius 1 is 1.57 bits per heavy atom. The standard InChI is InChI=1S/C10H17NO2S/c1-5-8(6-11-7-14)9(12)13-10(2,3)4/h8H,5-6H2,1-4H3. The second-order valence-electron chi connectivity index (χ2n) is 4.07. The van der Waals surface area contributed by atoms with E-state index >= 15 is 0 Å². The molecule has 0 aromatic carbocycles. The van der Waals surface area contributed by atoms with Crippen LogP contribution >= 0.6 is 12.2 Å². The summed E-state index contributed by atoms with van der Waals surface area (Å²) in [7, 11) is 0. The van der Waals surface area contributed by atoms with Crippen molar-refractivity contribution in [2.75, 3.05) is 6.54 Å². The van der Waals surface area contributed by atoms with Gasteiger partial charge >= 0.3 is 5.97 Å². The fourth-order valence-electron chi connectivity index (χ4n) is 0.903. The Bertz CT molecular complexity index is 239. The van der Waals surface area contributed by atoms with E-state index in [-0.39, 0.29) is 11.9 Å². The molecule has 0 saturated heterocycles. The predicted octanol–water partition coefficient (Wildman–Crippen LogP) is 2.46. The van der Waals surface area contributed by atoms with E-state index in [0.717, 1.165) is 0 Å². The lowest BCUT2D eigenvalue weighted by atomic mass is 10.1. The number of esters is 1. The first-order valence-corrected chi connectivity index (χ1v) is 5.08. The molecule has 0 aliphatic rings. The third kappa shape index (κ3) is 5.84. The van der Waals surface area contributed by atoms with E-state index in [1.165, 1.54) is 0 Å². The van der Waals surface area contributed by atoms with Crippen molar-refractivity contribution in [3.05, 3.63) is 0 Å². The Labute approximate surface area is 90.6 Å². The maximum absolute atomic E-state index is 11.6. The van der Waals surface area contributed by atoms with Crippen LogP contribution in [0, 0.1) is 5.92 Å². The van der Waals surface area contributed by atoms with Gasteiger partial charge in [0.15, 0.2) is 0 Å². The molecule has 0 aliphatic heterocycles. The van der Waals surface area contributed by atoms with E-state index in [1.54, 1.807) is 0 Å². The van der Waals surface area contributed by atoms with Crippen LogP contribution in [0.4, 0.5) is 0 Å². The van der Waals surface area contributed by atoms with Crippen LogP contribution in [0.15, 0.2) is 4.99 Å². The summed E-state index contributed by atoms with van der Waals surface area (Å²) < 4.78 is 5.23. The Hall–Kier alpha value is -0.730. The number of aliphatic imine (C=N–C) groups is 1. The van der Waals surface area contributed by atoms with E-state index in [1.807, 2.05) is 27.7 Å². The van der Waals surface area contributed by atoms with Crippen molar-refractivity contribution in [1.82, 2.24) is 0 Å². The molecule has 0 fully saturated rings. The van der Waals surface area contributed by atoms with Gasteiger partial charge in [0.05, 0.1) is 17.6 Å². The largest absolute Gasteiger partial charge is 0.460 e. The highest BCUT2D eigenvalue weighted by Gasteiger charge is 2.23. The van der Waals surface area contributed by atoms with Gasteiger partial charge in [0.25, 0.3) is 0 Å². The molecule has 0 aliphatic carbocycles. The topological polar surface area (TPSA) is 38.7 Å². The highest BCUT2D eigenvalue weighted by atomic mass is 32.1. The lowest BCUT2D eigenvalue weighted by Gasteiger charge is -2.22. The van der Waals surface area contributed by atoms with Gasteiger partial charge in [-0.3, -0.25) is 4.79 Å². The van der Waals surface area contributed by atoms with E-state index in [4.69, 9.17) is 4.74 Å². The van der Waals surface area contributed by atoms with Gasteiger partial charge < -0.3 is 4.74 Å². The van der Waals surface area contributed by atoms with Crippen molar-refractivity contribution in [3.63, 3.8) is 0 Å². The van der Waals surface area contributed by atoms with Crippen molar-refractivity contribution in [2.45, 2.75) is 39.7 Å². The second kappa shape index (κ2) is 5.89. The Balaban J connectivity index is 4.24. The molecule has 80 valence electrons. The third-order valence-corrected chi connectivity index (χ3v) is 1.74. The molecule has 0 N–H and O–H groups in total. The molecule has 0 amide bonds. The van der Waals surface area contributed by atoms with Gasteiger partial charge in [-0.25, -0.2) is 4.99 Å². The van der Waals surface area contributed by atoms with Crippen LogP contribution in [0.5, 0.6) is 0 Å². The van der Waals surface area contributed by atoms with Crippen LogP contribution < -0.4 is 0 Å². The first-order chi connectivity index (χ1) is 6.40. The number of isothiocyanates is 1. The highest BCUT2D eigenvalue weighted by molar-refractivity contribution is 7.78. The molecule has 0 bridgehead atoms. The van der Waals surface area contributed by atoms with E-state index in [0.29, 0.717) is 13.0 Å². The molecule has 0 aromatic rings. The summed E-state index contributed by atoms with van der Waals surface area (Å²) in [5, 5.41) is 2.25. The van der Waals surface area contributed by atoms with Crippen LogP contribution in [-0.2, 0) is 9.53 Å². The molecule has 0 heterocycles. The smallest absolute Gasteiger partial charge is 0.311 e. The molecule has 1 unspecified atom stereocenters. The minimum atomic E-state index is -0.439. The van der Waals surface area contributed by atoms with Gasteiger partial charge in [-0.05, 0) is 39.4 Å². The number of ether oxygens (including phenoxy) is 1. The van der Waals surface area contributed by atoms with Gasteiger partial charge in [-0.1, -0.05) is 6.92 Å². The quantitative estimate of drug-likeness (QED) is 0.411. The lowest BCUT2D eigenvalue weighted by Crippen LogP contribution is -2.29. The van der Waals surface area contributed by atoms with Crippen molar-refractivity contribution >= 4 is 23.3 Å². The first kappa shape index (κ1) is 13.3. The zero-order chi connectivity index (χ0) is 11.2. The molecule has 0 radical (unpaired) electrons. The van der Waals surface area contributed by atoms with E-state index in [9.17, 15) is 4.79 Å². The maximum atomic E-state index is 11.6. The van der Waals surface area contributed by atoms with E-state index < -0.39 is 5.60 Å². The second-order valence-corrected chi connectivity index (χ2v) is 4.25. The summed E-state index contributed by atoms with van der Waals surface area (Å²) in [4.78, 5) is 15.3. The average molecular weight is 215 g/mol. The SMILES string of the molecule is CCC(CN=C=S)C(=O)OC(C)(C)C. The molecule has 14 heavy (non-hydrogen) atoms. The molecule has 0 aromatic heterocycles. The summed E-state index contributed by atoms with van der Waals surface area (Å²) in [6.07, 6.45) is 0.704. The number of rotatable bonds is 4. The summed E-state index contributed by atoms with van der Waals surface area (Å²) in [5.41, 5.74) is -0.439. The van der Waals surface area contributed by atoms with Gasteiger partial charge in [0.1, 0.15) is 5.60 Å². The van der Waals surface area contributed by atoms with Crippen molar-refractivity contribution in [1.29, 1.82) is 0 Å². The van der Waals surface area contributed by atoms with Crippen LogP contribution in [0.1, 0.15) is 34.1 Å². The van der Waals surface area contributed by atoms with E-state index in [2.05, 4.69) is 22.4 Å². The maximum Gasteiger partial charge on any atom is 0.311 e. The number of nitrogens with zero attached hydrogens (tertiary/aromatic N) is 1. The van der Waals surface area contributed by atoms with Crippen LogP contribution in [0.3, 0.4) is 0 Å². The molecular weight excluding hydrogens is 198 g/mol. The zero-order valence-corrected chi connectivity index (χ0v) is 9.98. The molecule has 1 atom stereocenters. The van der Waals surface area contributed by atoms with Crippen molar-refractivity contribution in [2.24, 2.45) is 10.9 Å². The predicted molar refractivity (Wildman–Crippen MR) is 59.5 cm³/mol. The third-order valence-electron chi connectivity index (χ3n) is 1.61. The van der Waals surface area contributed by atoms with Crippen LogP contribution in [0.2, 0.25) is 0 Å². The molecule has 0 spiro atoms. The van der Waals surface area contributed by atoms with Gasteiger partial charge in [0, 0.05) is 0 Å². The number of carbonyl (C=O) groups excluding carboxylic acids is 1. The minimum Gasteiger partial charge on any atom is -0.460 e. The van der Waals surface area contributed by atoms with Gasteiger partial charge in [0.2, 0.25) is 0 Å². The van der Waals surface area contributed by atoms with Crippen molar-refractivity contribution < 1.29 is 9.53 Å². The first-order valence-electron chi connectivity index (χ1n) is 4.67. The van der Waals surface area contributed by atoms with Crippen molar-refractivity contribution in [3.8, 4) is 0 Å². The fraction of sp³-hybridized carbons (Fsp3) is 0.800. The number of hydrogen-bond donors (Lipinski definition) is 0. The fourth-order valence-corrected chi connectivity index (χ4v) is 0.977. The van der Waals surface area contributed by atoms with Crippen LogP contribution in [0.25, 0.3) is 0 Å². The average Bonchev–Trinajstić information content (AvgIpc) is 2.02. The monoisotopic (exact) mass is 215 g/mol. The summed E-state index contributed by atoms with van der Waals surface area (Å²) in [6, 6.07) is 0. The highest BCUT2D eigenvalue weighted by Crippen LogP contribution is 2.13. The normalized spacial score (nSPS) is 12.9.